The van der Waals surface area contributed by atoms with Crippen molar-refractivity contribution < 1.29 is 14.3 Å². The van der Waals surface area contributed by atoms with Gasteiger partial charge in [0, 0.05) is 35.9 Å². The zero-order valence-electron chi connectivity index (χ0n) is 18.1. The molecule has 0 unspecified atom stereocenters. The molecule has 0 aliphatic carbocycles. The number of carbonyl (C=O) groups excluding carboxylic acids is 2. The second-order valence-corrected chi connectivity index (χ2v) is 7.81. The third-order valence-electron chi connectivity index (χ3n) is 5.70. The molecule has 0 radical (unpaired) electrons. The van der Waals surface area contributed by atoms with Gasteiger partial charge in [-0.15, -0.1) is 0 Å². The highest BCUT2D eigenvalue weighted by Crippen LogP contribution is 2.29. The second kappa shape index (κ2) is 10.0. The van der Waals surface area contributed by atoms with E-state index in [1.54, 1.807) is 7.11 Å². The number of amides is 3. The molecule has 0 aromatic heterocycles. The van der Waals surface area contributed by atoms with Crippen LogP contribution in [-0.4, -0.2) is 43.1 Å². The number of rotatable bonds is 5. The number of nitrogens with zero attached hydrogens (tertiary/aromatic N) is 1. The van der Waals surface area contributed by atoms with Gasteiger partial charge in [0.15, 0.2) is 0 Å². The van der Waals surface area contributed by atoms with Gasteiger partial charge in [0.25, 0.3) is 5.91 Å². The zero-order chi connectivity index (χ0) is 22.3. The predicted molar refractivity (Wildman–Crippen MR) is 126 cm³/mol. The molecule has 3 amide bonds. The molecule has 0 saturated carbocycles. The van der Waals surface area contributed by atoms with Gasteiger partial charge in [-0.3, -0.25) is 4.79 Å². The highest BCUT2D eigenvalue weighted by molar-refractivity contribution is 5.95. The molecular weight excluding hydrogens is 402 g/mol. The maximum Gasteiger partial charge on any atom is 0.319 e. The Morgan fingerprint density at radius 3 is 2.22 bits per heavy atom. The fraction of sp³-hybridized carbons (Fsp3) is 0.231. The van der Waals surface area contributed by atoms with E-state index >= 15 is 0 Å². The van der Waals surface area contributed by atoms with Gasteiger partial charge in [-0.2, -0.15) is 0 Å². The van der Waals surface area contributed by atoms with Gasteiger partial charge >= 0.3 is 6.03 Å². The van der Waals surface area contributed by atoms with E-state index in [0.717, 1.165) is 35.4 Å². The van der Waals surface area contributed by atoms with Crippen molar-refractivity contribution >= 4 is 17.6 Å². The van der Waals surface area contributed by atoms with E-state index in [1.165, 1.54) is 0 Å². The SMILES string of the molecule is COc1ccccc1-c1ccc(C(=O)N2CCC(NC(=O)Nc3ccccc3)CC2)cc1. The Hall–Kier alpha value is -3.80. The number of carbonyl (C=O) groups is 2. The summed E-state index contributed by atoms with van der Waals surface area (Å²) in [5.74, 6) is 0.821. The third kappa shape index (κ3) is 5.09. The molecular formula is C26H27N3O3. The molecule has 1 saturated heterocycles. The van der Waals surface area contributed by atoms with Crippen molar-refractivity contribution in [1.82, 2.24) is 10.2 Å². The molecule has 164 valence electrons. The van der Waals surface area contributed by atoms with Crippen molar-refractivity contribution in [2.24, 2.45) is 0 Å². The van der Waals surface area contributed by atoms with Gasteiger partial charge in [0.1, 0.15) is 5.75 Å². The molecule has 0 atom stereocenters. The summed E-state index contributed by atoms with van der Waals surface area (Å²) in [7, 11) is 1.65. The van der Waals surface area contributed by atoms with Crippen LogP contribution in [0.3, 0.4) is 0 Å². The van der Waals surface area contributed by atoms with E-state index in [1.807, 2.05) is 83.8 Å². The van der Waals surface area contributed by atoms with E-state index in [4.69, 9.17) is 4.74 Å². The highest BCUT2D eigenvalue weighted by atomic mass is 16.5. The molecule has 1 fully saturated rings. The van der Waals surface area contributed by atoms with Crippen molar-refractivity contribution in [3.05, 3.63) is 84.4 Å². The molecule has 4 rings (SSSR count). The van der Waals surface area contributed by atoms with Crippen LogP contribution in [0.1, 0.15) is 23.2 Å². The van der Waals surface area contributed by atoms with Crippen LogP contribution in [0, 0.1) is 0 Å². The lowest BCUT2D eigenvalue weighted by Crippen LogP contribution is -2.47. The Bertz CT molecular complexity index is 1060. The quantitative estimate of drug-likeness (QED) is 0.613. The Morgan fingerprint density at radius 1 is 0.875 bits per heavy atom. The minimum Gasteiger partial charge on any atom is -0.496 e. The zero-order valence-corrected chi connectivity index (χ0v) is 18.1. The fourth-order valence-corrected chi connectivity index (χ4v) is 3.96. The largest absolute Gasteiger partial charge is 0.496 e. The molecule has 3 aromatic carbocycles. The van der Waals surface area contributed by atoms with Crippen LogP contribution >= 0.6 is 0 Å². The van der Waals surface area contributed by atoms with Crippen molar-refractivity contribution in [2.75, 3.05) is 25.5 Å². The lowest BCUT2D eigenvalue weighted by Gasteiger charge is -2.32. The number of hydrogen-bond donors (Lipinski definition) is 2. The lowest BCUT2D eigenvalue weighted by atomic mass is 10.0. The standard InChI is InChI=1S/C26H27N3O3/c1-32-24-10-6-5-9-23(24)19-11-13-20(14-12-19)25(30)29-17-15-22(16-18-29)28-26(31)27-21-7-3-2-4-8-21/h2-14,22H,15-18H2,1H3,(H2,27,28,31). The number of para-hydroxylation sites is 2. The first-order valence-corrected chi connectivity index (χ1v) is 10.8. The molecule has 6 nitrogen and oxygen atoms in total. The number of anilines is 1. The molecule has 1 aliphatic heterocycles. The number of urea groups is 1. The van der Waals surface area contributed by atoms with Crippen LogP contribution in [0.15, 0.2) is 78.9 Å². The van der Waals surface area contributed by atoms with Gasteiger partial charge in [0.2, 0.25) is 0 Å². The minimum atomic E-state index is -0.215. The Balaban J connectivity index is 1.31. The van der Waals surface area contributed by atoms with E-state index < -0.39 is 0 Å². The third-order valence-corrected chi connectivity index (χ3v) is 5.70. The van der Waals surface area contributed by atoms with Crippen LogP contribution in [0.2, 0.25) is 0 Å². The van der Waals surface area contributed by atoms with Crippen LogP contribution in [0.25, 0.3) is 11.1 Å². The van der Waals surface area contributed by atoms with Crippen LogP contribution < -0.4 is 15.4 Å². The minimum absolute atomic E-state index is 0.0174. The number of nitrogens with one attached hydrogen (secondary N) is 2. The van der Waals surface area contributed by atoms with Crippen LogP contribution in [0.4, 0.5) is 10.5 Å². The second-order valence-electron chi connectivity index (χ2n) is 7.81. The molecule has 6 heteroatoms. The average molecular weight is 430 g/mol. The Labute approximate surface area is 188 Å². The van der Waals surface area contributed by atoms with E-state index in [-0.39, 0.29) is 18.0 Å². The van der Waals surface area contributed by atoms with Gasteiger partial charge in [-0.05, 0) is 48.7 Å². The first kappa shape index (κ1) is 21.4. The summed E-state index contributed by atoms with van der Waals surface area (Å²) in [4.78, 5) is 27.0. The molecule has 0 spiro atoms. The summed E-state index contributed by atoms with van der Waals surface area (Å²) in [6.07, 6.45) is 1.46. The summed E-state index contributed by atoms with van der Waals surface area (Å²) in [5, 5.41) is 5.84. The first-order chi connectivity index (χ1) is 15.6. The van der Waals surface area contributed by atoms with Gasteiger partial charge in [-0.1, -0.05) is 48.5 Å². The lowest BCUT2D eigenvalue weighted by molar-refractivity contribution is 0.0709. The number of benzene rings is 3. The van der Waals surface area contributed by atoms with Crippen molar-refractivity contribution in [3.8, 4) is 16.9 Å². The number of likely N-dealkylation sites (tertiary alicyclic amines) is 1. The fourth-order valence-electron chi connectivity index (χ4n) is 3.96. The summed E-state index contributed by atoms with van der Waals surface area (Å²) in [5.41, 5.74) is 3.42. The van der Waals surface area contributed by atoms with Crippen molar-refractivity contribution in [2.45, 2.75) is 18.9 Å². The molecule has 1 aliphatic rings. The monoisotopic (exact) mass is 429 g/mol. The number of methoxy groups -OCH3 is 1. The number of ether oxygens (including phenoxy) is 1. The molecule has 0 bridgehead atoms. The maximum absolute atomic E-state index is 12.9. The van der Waals surface area contributed by atoms with Gasteiger partial charge < -0.3 is 20.3 Å². The summed E-state index contributed by atoms with van der Waals surface area (Å²) < 4.78 is 5.43. The van der Waals surface area contributed by atoms with E-state index in [9.17, 15) is 9.59 Å². The molecule has 3 aromatic rings. The topological polar surface area (TPSA) is 70.7 Å². The van der Waals surface area contributed by atoms with E-state index in [0.29, 0.717) is 18.7 Å². The van der Waals surface area contributed by atoms with E-state index in [2.05, 4.69) is 10.6 Å². The Morgan fingerprint density at radius 2 is 1.53 bits per heavy atom. The highest BCUT2D eigenvalue weighted by Gasteiger charge is 2.24. The van der Waals surface area contributed by atoms with Gasteiger partial charge in [-0.25, -0.2) is 4.79 Å². The molecule has 32 heavy (non-hydrogen) atoms. The average Bonchev–Trinajstić information content (AvgIpc) is 2.85. The maximum atomic E-state index is 12.9. The first-order valence-electron chi connectivity index (χ1n) is 10.8. The van der Waals surface area contributed by atoms with Crippen molar-refractivity contribution in [3.63, 3.8) is 0 Å². The van der Waals surface area contributed by atoms with Crippen molar-refractivity contribution in [1.29, 1.82) is 0 Å². The normalized spacial score (nSPS) is 14.0. The predicted octanol–water partition coefficient (Wildman–Crippen LogP) is 4.79. The van der Waals surface area contributed by atoms with Crippen LogP contribution in [-0.2, 0) is 0 Å². The van der Waals surface area contributed by atoms with Gasteiger partial charge in [0.05, 0.1) is 7.11 Å². The Kier molecular flexibility index (Phi) is 6.70. The number of hydrogen-bond acceptors (Lipinski definition) is 3. The summed E-state index contributed by atoms with van der Waals surface area (Å²) >= 11 is 0. The van der Waals surface area contributed by atoms with Crippen LogP contribution in [0.5, 0.6) is 5.75 Å². The summed E-state index contributed by atoms with van der Waals surface area (Å²) in [6, 6.07) is 24.6. The number of piperidine rings is 1. The smallest absolute Gasteiger partial charge is 0.319 e. The summed E-state index contributed by atoms with van der Waals surface area (Å²) in [6.45, 7) is 1.23. The molecule has 1 heterocycles. The molecule has 2 N–H and O–H groups in total.